The van der Waals surface area contributed by atoms with Crippen molar-refractivity contribution in [1.29, 1.82) is 0 Å². The van der Waals surface area contributed by atoms with Crippen LogP contribution in [0.3, 0.4) is 0 Å². The highest BCUT2D eigenvalue weighted by molar-refractivity contribution is 5.63. The monoisotopic (exact) mass is 233 g/mol. The number of imidazole rings is 1. The number of aryl methyl sites for hydroxylation is 1. The van der Waals surface area contributed by atoms with E-state index in [2.05, 4.69) is 10.3 Å². The summed E-state index contributed by atoms with van der Waals surface area (Å²) in [7, 11) is 3.82. The zero-order valence-corrected chi connectivity index (χ0v) is 10.3. The van der Waals surface area contributed by atoms with Gasteiger partial charge in [-0.3, -0.25) is 0 Å². The van der Waals surface area contributed by atoms with Crippen molar-refractivity contribution in [1.82, 2.24) is 14.9 Å². The second kappa shape index (κ2) is 4.67. The first kappa shape index (κ1) is 11.8. The molecule has 0 atom stereocenters. The number of rotatable bonds is 3. The Bertz CT molecular complexity index is 531. The van der Waals surface area contributed by atoms with Crippen LogP contribution in [0.25, 0.3) is 11.3 Å². The van der Waals surface area contributed by atoms with E-state index in [4.69, 9.17) is 0 Å². The molecule has 1 aromatic carbocycles. The highest BCUT2D eigenvalue weighted by Gasteiger charge is 2.13. The quantitative estimate of drug-likeness (QED) is 0.881. The minimum atomic E-state index is -0.225. The first-order valence-electron chi connectivity index (χ1n) is 5.56. The summed E-state index contributed by atoms with van der Waals surface area (Å²) in [5.74, 6) is 0.700. The molecule has 0 aliphatic carbocycles. The van der Waals surface area contributed by atoms with Crippen LogP contribution in [0.2, 0.25) is 0 Å². The summed E-state index contributed by atoms with van der Waals surface area (Å²) in [6.45, 7) is 2.62. The largest absolute Gasteiger partial charge is 0.331 e. The molecule has 0 amide bonds. The predicted molar refractivity (Wildman–Crippen MR) is 66.1 cm³/mol. The molecule has 2 rings (SSSR count). The second-order valence-corrected chi connectivity index (χ2v) is 4.05. The van der Waals surface area contributed by atoms with Crippen LogP contribution >= 0.6 is 0 Å². The number of nitrogens with one attached hydrogen (secondary N) is 1. The van der Waals surface area contributed by atoms with Crippen LogP contribution in [0, 0.1) is 12.7 Å². The summed E-state index contributed by atoms with van der Waals surface area (Å²) in [5.41, 5.74) is 2.77. The van der Waals surface area contributed by atoms with Gasteiger partial charge >= 0.3 is 0 Å². The average molecular weight is 233 g/mol. The molecule has 0 spiro atoms. The van der Waals surface area contributed by atoms with Crippen LogP contribution in [0.5, 0.6) is 0 Å². The summed E-state index contributed by atoms with van der Waals surface area (Å²) in [4.78, 5) is 4.48. The molecule has 4 heteroatoms. The Kier molecular flexibility index (Phi) is 3.24. The number of hydrogen-bond donors (Lipinski definition) is 1. The third-order valence-corrected chi connectivity index (χ3v) is 2.83. The van der Waals surface area contributed by atoms with Crippen LogP contribution in [-0.2, 0) is 13.6 Å². The van der Waals surface area contributed by atoms with E-state index < -0.39 is 0 Å². The average Bonchev–Trinajstić information content (AvgIpc) is 2.55. The SMILES string of the molecule is CNCc1nc(C)n(C)c1-c1cccc(F)c1. The lowest BCUT2D eigenvalue weighted by Gasteiger charge is -2.06. The molecule has 2 aromatic rings. The molecular weight excluding hydrogens is 217 g/mol. The van der Waals surface area contributed by atoms with Gasteiger partial charge in [0.1, 0.15) is 11.6 Å². The summed E-state index contributed by atoms with van der Waals surface area (Å²) in [5, 5.41) is 3.08. The molecule has 3 nitrogen and oxygen atoms in total. The van der Waals surface area contributed by atoms with Crippen molar-refractivity contribution < 1.29 is 4.39 Å². The van der Waals surface area contributed by atoms with Gasteiger partial charge in [0.25, 0.3) is 0 Å². The van der Waals surface area contributed by atoms with Gasteiger partial charge < -0.3 is 9.88 Å². The molecule has 1 heterocycles. The Hall–Kier alpha value is -1.68. The molecule has 1 N–H and O–H groups in total. The van der Waals surface area contributed by atoms with Gasteiger partial charge in [0.15, 0.2) is 0 Å². The van der Waals surface area contributed by atoms with Crippen molar-refractivity contribution in [3.05, 3.63) is 41.6 Å². The predicted octanol–water partition coefficient (Wildman–Crippen LogP) is 2.25. The Morgan fingerprint density at radius 1 is 1.41 bits per heavy atom. The van der Waals surface area contributed by atoms with Crippen LogP contribution in [-0.4, -0.2) is 16.6 Å². The molecular formula is C13H16FN3. The van der Waals surface area contributed by atoms with Gasteiger partial charge in [0.2, 0.25) is 0 Å². The lowest BCUT2D eigenvalue weighted by Crippen LogP contribution is -2.07. The van der Waals surface area contributed by atoms with Gasteiger partial charge in [-0.25, -0.2) is 9.37 Å². The Balaban J connectivity index is 2.57. The van der Waals surface area contributed by atoms with Crippen molar-refractivity contribution in [2.75, 3.05) is 7.05 Å². The molecule has 0 bridgehead atoms. The molecule has 0 saturated heterocycles. The maximum Gasteiger partial charge on any atom is 0.123 e. The smallest absolute Gasteiger partial charge is 0.123 e. The first-order valence-corrected chi connectivity index (χ1v) is 5.56. The topological polar surface area (TPSA) is 29.9 Å². The first-order chi connectivity index (χ1) is 8.13. The lowest BCUT2D eigenvalue weighted by molar-refractivity contribution is 0.628. The highest BCUT2D eigenvalue weighted by atomic mass is 19.1. The Morgan fingerprint density at radius 2 is 2.18 bits per heavy atom. The fraction of sp³-hybridized carbons (Fsp3) is 0.308. The van der Waals surface area contributed by atoms with Gasteiger partial charge in [-0.15, -0.1) is 0 Å². The summed E-state index contributed by atoms with van der Waals surface area (Å²) in [6.07, 6.45) is 0. The normalized spacial score (nSPS) is 10.8. The van der Waals surface area contributed by atoms with Gasteiger partial charge in [0.05, 0.1) is 11.4 Å². The van der Waals surface area contributed by atoms with E-state index in [9.17, 15) is 4.39 Å². The molecule has 0 unspecified atom stereocenters. The van der Waals surface area contributed by atoms with Crippen molar-refractivity contribution in [3.8, 4) is 11.3 Å². The third-order valence-electron chi connectivity index (χ3n) is 2.83. The number of hydrogen-bond acceptors (Lipinski definition) is 2. The second-order valence-electron chi connectivity index (χ2n) is 4.05. The third kappa shape index (κ3) is 2.22. The molecule has 90 valence electrons. The standard InChI is InChI=1S/C13H16FN3/c1-9-16-12(8-15-2)13(17(9)3)10-5-4-6-11(14)7-10/h4-7,15H,8H2,1-3H3. The van der Waals surface area contributed by atoms with E-state index in [-0.39, 0.29) is 5.82 Å². The van der Waals surface area contributed by atoms with Crippen molar-refractivity contribution in [2.24, 2.45) is 7.05 Å². The maximum atomic E-state index is 13.3. The van der Waals surface area contributed by atoms with Crippen LogP contribution in [0.1, 0.15) is 11.5 Å². The Morgan fingerprint density at radius 3 is 2.82 bits per heavy atom. The molecule has 1 aromatic heterocycles. The summed E-state index contributed by atoms with van der Waals surface area (Å²) >= 11 is 0. The number of benzene rings is 1. The van der Waals surface area contributed by atoms with E-state index in [0.717, 1.165) is 22.8 Å². The van der Waals surface area contributed by atoms with Crippen LogP contribution in [0.4, 0.5) is 4.39 Å². The minimum absolute atomic E-state index is 0.225. The van der Waals surface area contributed by atoms with E-state index in [0.29, 0.717) is 6.54 Å². The molecule has 0 radical (unpaired) electrons. The summed E-state index contributed by atoms with van der Waals surface area (Å²) in [6, 6.07) is 6.61. The fourth-order valence-corrected chi connectivity index (χ4v) is 1.97. The van der Waals surface area contributed by atoms with Crippen molar-refractivity contribution >= 4 is 0 Å². The highest BCUT2D eigenvalue weighted by Crippen LogP contribution is 2.24. The van der Waals surface area contributed by atoms with E-state index in [1.54, 1.807) is 6.07 Å². The van der Waals surface area contributed by atoms with E-state index in [1.165, 1.54) is 12.1 Å². The van der Waals surface area contributed by atoms with Gasteiger partial charge in [-0.2, -0.15) is 0 Å². The van der Waals surface area contributed by atoms with E-state index in [1.807, 2.05) is 31.7 Å². The molecule has 0 aliphatic heterocycles. The zero-order chi connectivity index (χ0) is 12.4. The lowest BCUT2D eigenvalue weighted by atomic mass is 10.1. The van der Waals surface area contributed by atoms with Crippen molar-refractivity contribution in [3.63, 3.8) is 0 Å². The van der Waals surface area contributed by atoms with Crippen molar-refractivity contribution in [2.45, 2.75) is 13.5 Å². The van der Waals surface area contributed by atoms with Gasteiger partial charge in [-0.1, -0.05) is 12.1 Å². The minimum Gasteiger partial charge on any atom is -0.331 e. The molecule has 0 aliphatic rings. The number of halogens is 1. The molecule has 0 fully saturated rings. The molecule has 0 saturated carbocycles. The van der Waals surface area contributed by atoms with Gasteiger partial charge in [-0.05, 0) is 26.1 Å². The fourth-order valence-electron chi connectivity index (χ4n) is 1.97. The molecule has 17 heavy (non-hydrogen) atoms. The number of nitrogens with zero attached hydrogens (tertiary/aromatic N) is 2. The zero-order valence-electron chi connectivity index (χ0n) is 10.3. The van der Waals surface area contributed by atoms with Gasteiger partial charge in [0, 0.05) is 19.2 Å². The van der Waals surface area contributed by atoms with E-state index >= 15 is 0 Å². The number of aromatic nitrogens is 2. The Labute approximate surface area is 100 Å². The van der Waals surface area contributed by atoms with Crippen LogP contribution < -0.4 is 5.32 Å². The summed E-state index contributed by atoms with van der Waals surface area (Å²) < 4.78 is 15.3. The van der Waals surface area contributed by atoms with Crippen LogP contribution in [0.15, 0.2) is 24.3 Å². The maximum absolute atomic E-state index is 13.3.